The Kier molecular flexibility index (Phi) is 4.48. The Balaban J connectivity index is 2.98. The van der Waals surface area contributed by atoms with Gasteiger partial charge in [0.2, 0.25) is 0 Å². The third kappa shape index (κ3) is 2.58. The largest absolute Gasteiger partial charge is 0.383 e. The molecule has 0 saturated heterocycles. The number of nitrogens with one attached hydrogen (secondary N) is 2. The zero-order valence-corrected chi connectivity index (χ0v) is 9.17. The van der Waals surface area contributed by atoms with Gasteiger partial charge in [-0.3, -0.25) is 0 Å². The van der Waals surface area contributed by atoms with Crippen LogP contribution < -0.4 is 10.6 Å². The number of nitrogens with zero attached hydrogens (tertiary/aromatic N) is 2. The first kappa shape index (κ1) is 12.2. The molecule has 1 rings (SSSR count). The van der Waals surface area contributed by atoms with Crippen LogP contribution in [0.2, 0.25) is 0 Å². The first-order chi connectivity index (χ1) is 7.74. The molecule has 0 fully saturated rings. The highest BCUT2D eigenvalue weighted by Crippen LogP contribution is 2.23. The first-order valence-corrected chi connectivity index (χ1v) is 4.73. The maximum atomic E-state index is 13.8. The minimum Gasteiger partial charge on any atom is -0.383 e. The summed E-state index contributed by atoms with van der Waals surface area (Å²) in [4.78, 5) is 3.78. The monoisotopic (exact) mass is 224 g/mol. The van der Waals surface area contributed by atoms with E-state index in [1.807, 2.05) is 6.07 Å². The molecule has 0 aliphatic carbocycles. The van der Waals surface area contributed by atoms with Gasteiger partial charge < -0.3 is 15.4 Å². The van der Waals surface area contributed by atoms with Gasteiger partial charge in [0.05, 0.1) is 17.9 Å². The highest BCUT2D eigenvalue weighted by atomic mass is 19.1. The molecule has 2 N–H and O–H groups in total. The molecular weight excluding hydrogens is 211 g/mol. The lowest BCUT2D eigenvalue weighted by atomic mass is 10.2. The lowest BCUT2D eigenvalue weighted by molar-refractivity contribution is 0.210. The molecule has 0 saturated carbocycles. The molecule has 0 aromatic carbocycles. The molecule has 0 aliphatic heterocycles. The van der Waals surface area contributed by atoms with Gasteiger partial charge in [0, 0.05) is 26.9 Å². The maximum Gasteiger partial charge on any atom is 0.189 e. The predicted octanol–water partition coefficient (Wildman–Crippen LogP) is 1.19. The molecule has 0 bridgehead atoms. The number of rotatable bonds is 5. The van der Waals surface area contributed by atoms with Gasteiger partial charge in [-0.2, -0.15) is 5.26 Å². The number of hydrogen-bond acceptors (Lipinski definition) is 5. The zero-order chi connectivity index (χ0) is 12.0. The maximum absolute atomic E-state index is 13.8. The Bertz CT molecular complexity index is 403. The third-order valence-electron chi connectivity index (χ3n) is 1.98. The number of pyridine rings is 1. The zero-order valence-electron chi connectivity index (χ0n) is 9.17. The fourth-order valence-electron chi connectivity index (χ4n) is 1.20. The molecule has 0 aliphatic rings. The van der Waals surface area contributed by atoms with E-state index in [1.54, 1.807) is 14.2 Å². The average Bonchev–Trinajstić information content (AvgIpc) is 2.31. The molecular formula is C10H13FN4O. The SMILES string of the molecule is CNc1ncc(C#N)c(NCCOC)c1F. The molecule has 5 nitrogen and oxygen atoms in total. The number of anilines is 2. The van der Waals surface area contributed by atoms with E-state index in [2.05, 4.69) is 15.6 Å². The molecule has 1 aromatic heterocycles. The normalized spacial score (nSPS) is 9.62. The van der Waals surface area contributed by atoms with Crippen LogP contribution in [0.4, 0.5) is 15.9 Å². The van der Waals surface area contributed by atoms with E-state index in [1.165, 1.54) is 6.20 Å². The van der Waals surface area contributed by atoms with Crippen molar-refractivity contribution in [2.24, 2.45) is 0 Å². The van der Waals surface area contributed by atoms with Crippen LogP contribution in [0.25, 0.3) is 0 Å². The van der Waals surface area contributed by atoms with Crippen molar-refractivity contribution >= 4 is 11.5 Å². The summed E-state index contributed by atoms with van der Waals surface area (Å²) in [5.41, 5.74) is 0.325. The van der Waals surface area contributed by atoms with Crippen molar-refractivity contribution in [3.8, 4) is 6.07 Å². The van der Waals surface area contributed by atoms with Gasteiger partial charge in [0.15, 0.2) is 11.6 Å². The van der Waals surface area contributed by atoms with Gasteiger partial charge in [-0.1, -0.05) is 0 Å². The number of ether oxygens (including phenoxy) is 1. The summed E-state index contributed by atoms with van der Waals surface area (Å²) in [5.74, 6) is -0.448. The Morgan fingerprint density at radius 2 is 2.38 bits per heavy atom. The molecule has 0 unspecified atom stereocenters. The Labute approximate surface area is 93.2 Å². The molecule has 0 amide bonds. The summed E-state index contributed by atoms with van der Waals surface area (Å²) in [6, 6.07) is 1.88. The van der Waals surface area contributed by atoms with E-state index in [0.717, 1.165) is 0 Å². The third-order valence-corrected chi connectivity index (χ3v) is 1.98. The van der Waals surface area contributed by atoms with Gasteiger partial charge >= 0.3 is 0 Å². The highest BCUT2D eigenvalue weighted by molar-refractivity contribution is 5.63. The van der Waals surface area contributed by atoms with Crippen LogP contribution in [0, 0.1) is 17.1 Å². The highest BCUT2D eigenvalue weighted by Gasteiger charge is 2.13. The van der Waals surface area contributed by atoms with E-state index < -0.39 is 5.82 Å². The fourth-order valence-corrected chi connectivity index (χ4v) is 1.20. The second-order valence-corrected chi connectivity index (χ2v) is 2.99. The van der Waals surface area contributed by atoms with Gasteiger partial charge in [-0.15, -0.1) is 0 Å². The van der Waals surface area contributed by atoms with Crippen molar-refractivity contribution in [2.75, 3.05) is 37.9 Å². The van der Waals surface area contributed by atoms with Gasteiger partial charge in [-0.25, -0.2) is 9.37 Å². The standard InChI is InChI=1S/C10H13FN4O/c1-13-10-8(11)9(14-3-4-16-2)7(5-12)6-15-10/h6H,3-4H2,1-2H3,(H2,13,14,15). The van der Waals surface area contributed by atoms with E-state index in [0.29, 0.717) is 13.2 Å². The lowest BCUT2D eigenvalue weighted by Gasteiger charge is -2.10. The van der Waals surface area contributed by atoms with Crippen LogP contribution in [0.1, 0.15) is 5.56 Å². The van der Waals surface area contributed by atoms with Gasteiger partial charge in [0.25, 0.3) is 0 Å². The second kappa shape index (κ2) is 5.88. The molecule has 1 aromatic rings. The number of nitriles is 1. The van der Waals surface area contributed by atoms with Crippen LogP contribution in [0.15, 0.2) is 6.20 Å². The van der Waals surface area contributed by atoms with Crippen molar-refractivity contribution in [3.63, 3.8) is 0 Å². The quantitative estimate of drug-likeness (QED) is 0.735. The van der Waals surface area contributed by atoms with Crippen LogP contribution >= 0.6 is 0 Å². The van der Waals surface area contributed by atoms with Crippen LogP contribution in [0.5, 0.6) is 0 Å². The van der Waals surface area contributed by atoms with Crippen molar-refractivity contribution < 1.29 is 9.13 Å². The van der Waals surface area contributed by atoms with Crippen LogP contribution in [-0.4, -0.2) is 32.3 Å². The predicted molar refractivity (Wildman–Crippen MR) is 58.8 cm³/mol. The van der Waals surface area contributed by atoms with E-state index in [4.69, 9.17) is 10.00 Å². The summed E-state index contributed by atoms with van der Waals surface area (Å²) < 4.78 is 18.6. The minimum absolute atomic E-state index is 0.110. The lowest BCUT2D eigenvalue weighted by Crippen LogP contribution is -2.12. The molecule has 0 radical (unpaired) electrons. The summed E-state index contributed by atoms with van der Waals surface area (Å²) >= 11 is 0. The van der Waals surface area contributed by atoms with Crippen molar-refractivity contribution in [3.05, 3.63) is 17.6 Å². The van der Waals surface area contributed by atoms with E-state index >= 15 is 0 Å². The molecule has 1 heterocycles. The topological polar surface area (TPSA) is 70.0 Å². The Hall–Kier alpha value is -1.87. The van der Waals surface area contributed by atoms with Crippen molar-refractivity contribution in [1.29, 1.82) is 5.26 Å². The number of aromatic nitrogens is 1. The Morgan fingerprint density at radius 1 is 1.62 bits per heavy atom. The van der Waals surface area contributed by atoms with E-state index in [-0.39, 0.29) is 17.1 Å². The molecule has 86 valence electrons. The summed E-state index contributed by atoms with van der Waals surface area (Å²) in [7, 11) is 3.12. The summed E-state index contributed by atoms with van der Waals surface area (Å²) in [6.45, 7) is 0.858. The fraction of sp³-hybridized carbons (Fsp3) is 0.400. The number of halogens is 1. The summed E-state index contributed by atoms with van der Waals surface area (Å²) in [6.07, 6.45) is 1.32. The van der Waals surface area contributed by atoms with Crippen molar-refractivity contribution in [1.82, 2.24) is 4.98 Å². The molecule has 0 atom stereocenters. The average molecular weight is 224 g/mol. The van der Waals surface area contributed by atoms with Gasteiger partial charge in [-0.05, 0) is 0 Å². The molecule has 16 heavy (non-hydrogen) atoms. The summed E-state index contributed by atoms with van der Waals surface area (Å²) in [5, 5.41) is 14.2. The smallest absolute Gasteiger partial charge is 0.189 e. The Morgan fingerprint density at radius 3 is 2.94 bits per heavy atom. The molecule has 0 spiro atoms. The van der Waals surface area contributed by atoms with E-state index in [9.17, 15) is 4.39 Å². The first-order valence-electron chi connectivity index (χ1n) is 4.73. The minimum atomic E-state index is -0.558. The number of hydrogen-bond donors (Lipinski definition) is 2. The van der Waals surface area contributed by atoms with Crippen LogP contribution in [-0.2, 0) is 4.74 Å². The van der Waals surface area contributed by atoms with Crippen molar-refractivity contribution in [2.45, 2.75) is 0 Å². The van der Waals surface area contributed by atoms with Crippen LogP contribution in [0.3, 0.4) is 0 Å². The van der Waals surface area contributed by atoms with Gasteiger partial charge in [0.1, 0.15) is 6.07 Å². The number of methoxy groups -OCH3 is 1. The molecule has 6 heteroatoms. The second-order valence-electron chi connectivity index (χ2n) is 2.99.